The Bertz CT molecular complexity index is 792. The van der Waals surface area contributed by atoms with Gasteiger partial charge in [0.05, 0.1) is 11.6 Å². The average molecular weight is 360 g/mol. The van der Waals surface area contributed by atoms with Crippen molar-refractivity contribution in [2.45, 2.75) is 53.5 Å². The van der Waals surface area contributed by atoms with Gasteiger partial charge in [-0.2, -0.15) is 14.8 Å². The maximum atomic E-state index is 12.2. The zero-order chi connectivity index (χ0) is 19.4. The van der Waals surface area contributed by atoms with Gasteiger partial charge in [0, 0.05) is 17.8 Å². The van der Waals surface area contributed by atoms with Crippen LogP contribution < -0.4 is 10.6 Å². The lowest BCUT2D eigenvalue weighted by Crippen LogP contribution is -2.40. The van der Waals surface area contributed by atoms with Crippen molar-refractivity contribution < 1.29 is 14.4 Å². The van der Waals surface area contributed by atoms with Gasteiger partial charge in [0.25, 0.3) is 11.9 Å². The highest BCUT2D eigenvalue weighted by molar-refractivity contribution is 6.39. The Hall–Kier alpha value is -2.84. The van der Waals surface area contributed by atoms with Gasteiger partial charge in [-0.15, -0.1) is 0 Å². The van der Waals surface area contributed by atoms with Crippen LogP contribution in [0.3, 0.4) is 0 Å². The predicted molar refractivity (Wildman–Crippen MR) is 98.2 cm³/mol. The van der Waals surface area contributed by atoms with E-state index >= 15 is 0 Å². The Morgan fingerprint density at radius 1 is 1.23 bits per heavy atom. The molecular weight excluding hydrogens is 336 g/mol. The van der Waals surface area contributed by atoms with Gasteiger partial charge in [-0.25, -0.2) is 4.99 Å². The lowest BCUT2D eigenvalue weighted by Gasteiger charge is -2.17. The zero-order valence-electron chi connectivity index (χ0n) is 15.7. The van der Waals surface area contributed by atoms with Crippen molar-refractivity contribution in [2.24, 2.45) is 15.9 Å². The van der Waals surface area contributed by atoms with Gasteiger partial charge in [0.2, 0.25) is 0 Å². The fourth-order valence-corrected chi connectivity index (χ4v) is 2.49. The first kappa shape index (κ1) is 19.5. The van der Waals surface area contributed by atoms with Crippen molar-refractivity contribution in [3.05, 3.63) is 11.8 Å². The molecule has 0 radical (unpaired) electrons. The first-order valence-corrected chi connectivity index (χ1v) is 8.63. The molecule has 1 aromatic heterocycles. The third-order valence-electron chi connectivity index (χ3n) is 4.16. The Labute approximate surface area is 152 Å². The number of carbonyl (C=O) groups excluding carboxylic acids is 3. The molecule has 0 fully saturated rings. The van der Waals surface area contributed by atoms with E-state index in [4.69, 9.17) is 0 Å². The summed E-state index contributed by atoms with van der Waals surface area (Å²) in [7, 11) is 0. The van der Waals surface area contributed by atoms with Crippen LogP contribution in [0.2, 0.25) is 0 Å². The molecule has 2 rings (SSSR count). The molecule has 26 heavy (non-hydrogen) atoms. The van der Waals surface area contributed by atoms with Gasteiger partial charge < -0.3 is 10.6 Å². The van der Waals surface area contributed by atoms with E-state index in [0.717, 1.165) is 0 Å². The SMILES string of the molecule is CCC(C)NC(=O)C(=O)Nc1cc(C)nn1C1=NC(=O)C(CC)C(C)=N1. The molecule has 0 spiro atoms. The molecule has 3 amide bonds. The normalized spacial score (nSPS) is 18.0. The second-order valence-electron chi connectivity index (χ2n) is 6.28. The quantitative estimate of drug-likeness (QED) is 0.786. The average Bonchev–Trinajstić information content (AvgIpc) is 2.94. The van der Waals surface area contributed by atoms with Crippen LogP contribution in [0, 0.1) is 12.8 Å². The first-order valence-electron chi connectivity index (χ1n) is 8.63. The largest absolute Gasteiger partial charge is 0.345 e. The number of aliphatic imine (C=N–C) groups is 2. The predicted octanol–water partition coefficient (Wildman–Crippen LogP) is 1.28. The third kappa shape index (κ3) is 4.22. The number of rotatable bonds is 4. The van der Waals surface area contributed by atoms with E-state index in [9.17, 15) is 14.4 Å². The molecule has 2 heterocycles. The zero-order valence-corrected chi connectivity index (χ0v) is 15.7. The summed E-state index contributed by atoms with van der Waals surface area (Å²) in [4.78, 5) is 44.5. The summed E-state index contributed by atoms with van der Waals surface area (Å²) in [6.45, 7) is 9.09. The molecule has 1 aliphatic heterocycles. The third-order valence-corrected chi connectivity index (χ3v) is 4.16. The van der Waals surface area contributed by atoms with E-state index in [-0.39, 0.29) is 29.6 Å². The van der Waals surface area contributed by atoms with Crippen molar-refractivity contribution in [1.29, 1.82) is 0 Å². The Balaban J connectivity index is 2.25. The Morgan fingerprint density at radius 3 is 2.50 bits per heavy atom. The van der Waals surface area contributed by atoms with Gasteiger partial charge in [0.1, 0.15) is 5.82 Å². The van der Waals surface area contributed by atoms with Crippen LogP contribution in [0.4, 0.5) is 5.82 Å². The van der Waals surface area contributed by atoms with Crippen LogP contribution in [0.25, 0.3) is 0 Å². The van der Waals surface area contributed by atoms with E-state index in [1.807, 2.05) is 20.8 Å². The highest BCUT2D eigenvalue weighted by atomic mass is 16.2. The number of hydrogen-bond donors (Lipinski definition) is 2. The fourth-order valence-electron chi connectivity index (χ4n) is 2.49. The molecule has 1 aliphatic rings. The topological polar surface area (TPSA) is 118 Å². The van der Waals surface area contributed by atoms with Gasteiger partial charge >= 0.3 is 11.8 Å². The maximum Gasteiger partial charge on any atom is 0.314 e. The number of amides is 3. The summed E-state index contributed by atoms with van der Waals surface area (Å²) in [5, 5.41) is 9.31. The number of aromatic nitrogens is 2. The molecule has 140 valence electrons. The van der Waals surface area contributed by atoms with Crippen molar-refractivity contribution in [1.82, 2.24) is 15.1 Å². The molecule has 1 aromatic rings. The summed E-state index contributed by atoms with van der Waals surface area (Å²) in [6, 6.07) is 1.47. The van der Waals surface area contributed by atoms with Crippen molar-refractivity contribution in [2.75, 3.05) is 5.32 Å². The van der Waals surface area contributed by atoms with Gasteiger partial charge in [-0.05, 0) is 33.6 Å². The maximum absolute atomic E-state index is 12.2. The van der Waals surface area contributed by atoms with Gasteiger partial charge in [-0.1, -0.05) is 13.8 Å². The molecule has 0 aliphatic carbocycles. The van der Waals surface area contributed by atoms with E-state index < -0.39 is 11.8 Å². The van der Waals surface area contributed by atoms with Crippen LogP contribution in [0.15, 0.2) is 16.1 Å². The van der Waals surface area contributed by atoms with Crippen LogP contribution in [-0.2, 0) is 14.4 Å². The molecule has 0 bridgehead atoms. The smallest absolute Gasteiger partial charge is 0.314 e. The highest BCUT2D eigenvalue weighted by Crippen LogP contribution is 2.17. The lowest BCUT2D eigenvalue weighted by atomic mass is 10.00. The molecule has 9 heteroatoms. The van der Waals surface area contributed by atoms with Gasteiger partial charge in [0.15, 0.2) is 0 Å². The number of anilines is 1. The van der Waals surface area contributed by atoms with E-state index in [0.29, 0.717) is 24.2 Å². The molecule has 2 unspecified atom stereocenters. The van der Waals surface area contributed by atoms with Gasteiger partial charge in [-0.3, -0.25) is 14.4 Å². The first-order chi connectivity index (χ1) is 12.3. The number of nitrogens with one attached hydrogen (secondary N) is 2. The van der Waals surface area contributed by atoms with E-state index in [2.05, 4.69) is 25.7 Å². The van der Waals surface area contributed by atoms with E-state index in [1.54, 1.807) is 19.9 Å². The fraction of sp³-hybridized carbons (Fsp3) is 0.529. The lowest BCUT2D eigenvalue weighted by molar-refractivity contribution is -0.136. The van der Waals surface area contributed by atoms with Crippen LogP contribution in [0.1, 0.15) is 46.2 Å². The number of hydrogen-bond acceptors (Lipinski definition) is 5. The summed E-state index contributed by atoms with van der Waals surface area (Å²) >= 11 is 0. The minimum Gasteiger partial charge on any atom is -0.345 e. The molecule has 0 saturated heterocycles. The minimum atomic E-state index is -0.818. The summed E-state index contributed by atoms with van der Waals surface area (Å²) in [6.07, 6.45) is 1.32. The van der Waals surface area contributed by atoms with Crippen LogP contribution in [-0.4, -0.2) is 45.2 Å². The summed E-state index contributed by atoms with van der Waals surface area (Å²) in [5.41, 5.74) is 1.23. The van der Waals surface area contributed by atoms with Crippen molar-refractivity contribution in [3.8, 4) is 0 Å². The minimum absolute atomic E-state index is 0.0722. The van der Waals surface area contributed by atoms with Crippen LogP contribution >= 0.6 is 0 Å². The number of aryl methyl sites for hydroxylation is 1. The highest BCUT2D eigenvalue weighted by Gasteiger charge is 2.27. The van der Waals surface area contributed by atoms with E-state index in [1.165, 1.54) is 4.68 Å². The molecule has 2 N–H and O–H groups in total. The monoisotopic (exact) mass is 360 g/mol. The van der Waals surface area contributed by atoms with Crippen LogP contribution in [0.5, 0.6) is 0 Å². The number of carbonyl (C=O) groups is 3. The second-order valence-corrected chi connectivity index (χ2v) is 6.28. The molecule has 2 atom stereocenters. The van der Waals surface area contributed by atoms with Crippen molar-refractivity contribution >= 4 is 35.2 Å². The molecular formula is C17H24N6O3. The Morgan fingerprint density at radius 2 is 1.92 bits per heavy atom. The molecule has 9 nitrogen and oxygen atoms in total. The van der Waals surface area contributed by atoms with Crippen molar-refractivity contribution in [3.63, 3.8) is 0 Å². The molecule has 0 saturated carbocycles. The molecule has 0 aromatic carbocycles. The summed E-state index contributed by atoms with van der Waals surface area (Å²) < 4.78 is 1.26. The Kier molecular flexibility index (Phi) is 6.01. The summed E-state index contributed by atoms with van der Waals surface area (Å²) in [5.74, 6) is -1.89. The second kappa shape index (κ2) is 8.03. The standard InChI is InChI=1S/C17H24N6O3/c1-6-9(3)18-15(25)16(26)20-13-8-10(4)22-23(13)17-19-11(5)12(7-2)14(24)21-17/h8-9,12H,6-7H2,1-5H3,(H,18,25)(H,20,26). The number of nitrogens with zero attached hydrogens (tertiary/aromatic N) is 4.